The van der Waals surface area contributed by atoms with Gasteiger partial charge in [0.25, 0.3) is 0 Å². The van der Waals surface area contributed by atoms with E-state index in [4.69, 9.17) is 9.47 Å². The molecule has 1 aliphatic heterocycles. The Kier molecular flexibility index (Phi) is 3.34. The van der Waals surface area contributed by atoms with E-state index >= 15 is 0 Å². The van der Waals surface area contributed by atoms with Crippen LogP contribution in [-0.2, 0) is 14.2 Å². The molecule has 70 valence electrons. The number of rotatable bonds is 4. The van der Waals surface area contributed by atoms with Crippen molar-refractivity contribution in [2.75, 3.05) is 19.8 Å². The minimum atomic E-state index is -0.590. The van der Waals surface area contributed by atoms with E-state index in [0.717, 1.165) is 0 Å². The highest BCUT2D eigenvalue weighted by Crippen LogP contribution is 2.06. The molecule has 1 rings (SSSR count). The monoisotopic (exact) mass is 174 g/mol. The minimum Gasteiger partial charge on any atom is -0.430 e. The van der Waals surface area contributed by atoms with Gasteiger partial charge in [-0.15, -0.1) is 0 Å². The van der Waals surface area contributed by atoms with Crippen LogP contribution in [0.25, 0.3) is 0 Å². The molecule has 0 aromatic carbocycles. The van der Waals surface area contributed by atoms with E-state index in [1.54, 1.807) is 0 Å². The molecule has 1 atom stereocenters. The van der Waals surface area contributed by atoms with Crippen LogP contribution in [0.1, 0.15) is 13.8 Å². The maximum absolute atomic E-state index is 10.5. The van der Waals surface area contributed by atoms with Gasteiger partial charge in [0.2, 0.25) is 0 Å². The van der Waals surface area contributed by atoms with Gasteiger partial charge >= 0.3 is 6.16 Å². The van der Waals surface area contributed by atoms with Crippen LogP contribution < -0.4 is 0 Å². The van der Waals surface area contributed by atoms with Crippen LogP contribution in [0.15, 0.2) is 0 Å². The Balaban J connectivity index is 2.04. The molecular formula is C8H14O4. The van der Waals surface area contributed by atoms with Crippen molar-refractivity contribution < 1.29 is 19.0 Å². The molecular weight excluding hydrogens is 160 g/mol. The predicted octanol–water partition coefficient (Wildman–Crippen LogP) is 1.19. The first-order valence-electron chi connectivity index (χ1n) is 4.09. The zero-order valence-electron chi connectivity index (χ0n) is 7.41. The van der Waals surface area contributed by atoms with Crippen LogP contribution >= 0.6 is 0 Å². The number of hydrogen-bond acceptors (Lipinski definition) is 4. The number of hydrogen-bond donors (Lipinski definition) is 0. The molecule has 0 aromatic heterocycles. The van der Waals surface area contributed by atoms with Crippen molar-refractivity contribution in [1.29, 1.82) is 0 Å². The number of cyclic esters (lactones) is 2. The van der Waals surface area contributed by atoms with Crippen molar-refractivity contribution in [3.63, 3.8) is 0 Å². The summed E-state index contributed by atoms with van der Waals surface area (Å²) >= 11 is 0. The number of ether oxygens (including phenoxy) is 3. The summed E-state index contributed by atoms with van der Waals surface area (Å²) in [5.74, 6) is 0.503. The van der Waals surface area contributed by atoms with E-state index in [9.17, 15) is 4.79 Å². The molecule has 0 spiro atoms. The average molecular weight is 174 g/mol. The summed E-state index contributed by atoms with van der Waals surface area (Å²) in [4.78, 5) is 10.5. The van der Waals surface area contributed by atoms with Crippen LogP contribution in [0.4, 0.5) is 4.79 Å². The molecule has 1 unspecified atom stereocenters. The second-order valence-electron chi connectivity index (χ2n) is 3.23. The van der Waals surface area contributed by atoms with Crippen molar-refractivity contribution in [1.82, 2.24) is 0 Å². The van der Waals surface area contributed by atoms with Crippen molar-refractivity contribution in [3.8, 4) is 0 Å². The van der Waals surface area contributed by atoms with Crippen molar-refractivity contribution in [3.05, 3.63) is 0 Å². The molecule has 0 aromatic rings. The third kappa shape index (κ3) is 3.09. The molecule has 0 radical (unpaired) electrons. The van der Waals surface area contributed by atoms with Gasteiger partial charge in [-0.1, -0.05) is 13.8 Å². The molecule has 12 heavy (non-hydrogen) atoms. The molecule has 0 N–H and O–H groups in total. The summed E-state index contributed by atoms with van der Waals surface area (Å²) in [5.41, 5.74) is 0. The Hall–Kier alpha value is -0.770. The quantitative estimate of drug-likeness (QED) is 0.600. The zero-order valence-corrected chi connectivity index (χ0v) is 7.41. The summed E-state index contributed by atoms with van der Waals surface area (Å²) in [7, 11) is 0. The average Bonchev–Trinajstić information content (AvgIpc) is 2.35. The van der Waals surface area contributed by atoms with Crippen LogP contribution in [0.3, 0.4) is 0 Å². The Morgan fingerprint density at radius 1 is 1.67 bits per heavy atom. The summed E-state index contributed by atoms with van der Waals surface area (Å²) in [6.07, 6.45) is -0.801. The van der Waals surface area contributed by atoms with Crippen molar-refractivity contribution in [2.24, 2.45) is 5.92 Å². The molecule has 1 fully saturated rings. The van der Waals surface area contributed by atoms with Gasteiger partial charge in [0.05, 0.1) is 6.61 Å². The van der Waals surface area contributed by atoms with Gasteiger partial charge in [-0.2, -0.15) is 0 Å². The first kappa shape index (κ1) is 9.32. The maximum atomic E-state index is 10.5. The van der Waals surface area contributed by atoms with Gasteiger partial charge in [0.1, 0.15) is 6.61 Å². The van der Waals surface area contributed by atoms with Gasteiger partial charge in [-0.05, 0) is 5.92 Å². The Bertz CT molecular complexity index is 155. The normalized spacial score (nSPS) is 22.6. The van der Waals surface area contributed by atoms with Gasteiger partial charge < -0.3 is 14.2 Å². The van der Waals surface area contributed by atoms with Gasteiger partial charge in [-0.25, -0.2) is 4.79 Å². The topological polar surface area (TPSA) is 44.8 Å². The lowest BCUT2D eigenvalue weighted by Crippen LogP contribution is -2.19. The summed E-state index contributed by atoms with van der Waals surface area (Å²) in [6, 6.07) is 0. The Morgan fingerprint density at radius 3 is 2.92 bits per heavy atom. The highest BCUT2D eigenvalue weighted by molar-refractivity contribution is 5.61. The molecule has 4 heteroatoms. The maximum Gasteiger partial charge on any atom is 0.508 e. The van der Waals surface area contributed by atoms with E-state index in [-0.39, 0.29) is 6.10 Å². The Labute approximate surface area is 71.8 Å². The van der Waals surface area contributed by atoms with Crippen LogP contribution in [-0.4, -0.2) is 32.1 Å². The predicted molar refractivity (Wildman–Crippen MR) is 41.9 cm³/mol. The molecule has 4 nitrogen and oxygen atoms in total. The first-order valence-corrected chi connectivity index (χ1v) is 4.09. The molecule has 1 saturated heterocycles. The fourth-order valence-corrected chi connectivity index (χ4v) is 0.882. The van der Waals surface area contributed by atoms with E-state index in [2.05, 4.69) is 18.6 Å². The van der Waals surface area contributed by atoms with Gasteiger partial charge in [-0.3, -0.25) is 0 Å². The van der Waals surface area contributed by atoms with Gasteiger partial charge in [0.15, 0.2) is 6.10 Å². The second-order valence-corrected chi connectivity index (χ2v) is 3.23. The second kappa shape index (κ2) is 4.30. The highest BCUT2D eigenvalue weighted by atomic mass is 16.8. The largest absolute Gasteiger partial charge is 0.508 e. The van der Waals surface area contributed by atoms with Crippen LogP contribution in [0.5, 0.6) is 0 Å². The zero-order chi connectivity index (χ0) is 8.97. The highest BCUT2D eigenvalue weighted by Gasteiger charge is 2.24. The third-order valence-electron chi connectivity index (χ3n) is 1.40. The molecule has 0 amide bonds. The molecule has 0 bridgehead atoms. The van der Waals surface area contributed by atoms with E-state index in [0.29, 0.717) is 25.7 Å². The van der Waals surface area contributed by atoms with Crippen molar-refractivity contribution in [2.45, 2.75) is 20.0 Å². The SMILES string of the molecule is CC(C)COCC1COC(=O)O1. The molecule has 0 aliphatic carbocycles. The first-order chi connectivity index (χ1) is 5.68. The van der Waals surface area contributed by atoms with E-state index < -0.39 is 6.16 Å². The lowest BCUT2D eigenvalue weighted by Gasteiger charge is -2.08. The lowest BCUT2D eigenvalue weighted by molar-refractivity contribution is 0.0351. The Morgan fingerprint density at radius 2 is 2.42 bits per heavy atom. The summed E-state index contributed by atoms with van der Waals surface area (Å²) < 4.78 is 14.6. The van der Waals surface area contributed by atoms with Crippen LogP contribution in [0.2, 0.25) is 0 Å². The van der Waals surface area contributed by atoms with Crippen LogP contribution in [0, 0.1) is 5.92 Å². The number of carbonyl (C=O) groups excluding carboxylic acids is 1. The summed E-state index contributed by atoms with van der Waals surface area (Å²) in [5, 5.41) is 0. The van der Waals surface area contributed by atoms with E-state index in [1.807, 2.05) is 0 Å². The smallest absolute Gasteiger partial charge is 0.430 e. The number of carbonyl (C=O) groups is 1. The third-order valence-corrected chi connectivity index (χ3v) is 1.40. The van der Waals surface area contributed by atoms with Gasteiger partial charge in [0, 0.05) is 6.61 Å². The standard InChI is InChI=1S/C8H14O4/c1-6(2)3-10-4-7-5-11-8(9)12-7/h6-7H,3-5H2,1-2H3. The molecule has 0 saturated carbocycles. The minimum absolute atomic E-state index is 0.212. The van der Waals surface area contributed by atoms with E-state index in [1.165, 1.54) is 0 Å². The summed E-state index contributed by atoms with van der Waals surface area (Å²) in [6.45, 7) is 5.57. The molecule has 1 aliphatic rings. The fourth-order valence-electron chi connectivity index (χ4n) is 0.882. The lowest BCUT2D eigenvalue weighted by atomic mass is 10.2. The fraction of sp³-hybridized carbons (Fsp3) is 0.875. The van der Waals surface area contributed by atoms with Crippen molar-refractivity contribution >= 4 is 6.16 Å². The molecule has 1 heterocycles.